The van der Waals surface area contributed by atoms with Gasteiger partial charge in [0.15, 0.2) is 17.8 Å². The summed E-state index contributed by atoms with van der Waals surface area (Å²) in [6, 6.07) is 20.2. The van der Waals surface area contributed by atoms with Gasteiger partial charge in [0.1, 0.15) is 22.8 Å². The van der Waals surface area contributed by atoms with Crippen molar-refractivity contribution in [3.63, 3.8) is 0 Å². The summed E-state index contributed by atoms with van der Waals surface area (Å²) < 4.78 is 4.02. The second kappa shape index (κ2) is 11.2. The van der Waals surface area contributed by atoms with Crippen LogP contribution in [0.1, 0.15) is 50.3 Å². The van der Waals surface area contributed by atoms with Gasteiger partial charge >= 0.3 is 0 Å². The number of aromatic nitrogens is 6. The number of nitrogens with one attached hydrogen (secondary N) is 1. The predicted octanol–water partition coefficient (Wildman–Crippen LogP) is 4.35. The molecule has 0 saturated carbocycles. The molecule has 0 radical (unpaired) electrons. The van der Waals surface area contributed by atoms with Crippen LogP contribution in [0.3, 0.4) is 0 Å². The van der Waals surface area contributed by atoms with Gasteiger partial charge in [-0.2, -0.15) is 5.10 Å². The van der Waals surface area contributed by atoms with E-state index < -0.39 is 0 Å². The van der Waals surface area contributed by atoms with Gasteiger partial charge in [-0.3, -0.25) is 18.8 Å². The van der Waals surface area contributed by atoms with Gasteiger partial charge in [0, 0.05) is 36.7 Å². The number of hydrogen-bond donors (Lipinski definition) is 3. The Balaban J connectivity index is 1.17. The minimum absolute atomic E-state index is 0.0723. The van der Waals surface area contributed by atoms with E-state index in [1.165, 1.54) is 18.2 Å². The smallest absolute Gasteiger partial charge is 0.251 e. The lowest BCUT2D eigenvalue weighted by Gasteiger charge is -2.36. The predicted molar refractivity (Wildman–Crippen MR) is 176 cm³/mol. The third kappa shape index (κ3) is 4.99. The van der Waals surface area contributed by atoms with Crippen LogP contribution in [0, 0.1) is 0 Å². The number of nitrogens with two attached hydrogens (primary N) is 1. The Kier molecular flexibility index (Phi) is 6.80. The van der Waals surface area contributed by atoms with Crippen LogP contribution in [-0.4, -0.2) is 71.6 Å². The number of fused-ring (bicyclic) bond motifs is 2. The average Bonchev–Trinajstić information content (AvgIpc) is 3.80. The number of carbonyl (C=O) groups is 2. The fraction of sp³-hybridized carbons (Fsp3) is 0.200. The molecular formula is C35H31N9O3. The molecule has 4 N–H and O–H groups in total. The molecule has 12 nitrogen and oxygen atoms in total. The molecular weight excluding hydrogens is 594 g/mol. The van der Waals surface area contributed by atoms with Crippen LogP contribution in [0.15, 0.2) is 79.1 Å². The summed E-state index contributed by atoms with van der Waals surface area (Å²) in [7, 11) is 2.10. The number of nitrogens with zero attached hydrogens (tertiary/aromatic N) is 7. The van der Waals surface area contributed by atoms with E-state index in [0.717, 1.165) is 54.1 Å². The van der Waals surface area contributed by atoms with Gasteiger partial charge in [-0.15, -0.1) is 0 Å². The molecule has 1 aliphatic heterocycles. The molecule has 0 unspecified atom stereocenters. The van der Waals surface area contributed by atoms with Crippen LogP contribution in [0.25, 0.3) is 39.6 Å². The van der Waals surface area contributed by atoms with Crippen molar-refractivity contribution in [1.82, 2.24) is 39.5 Å². The highest BCUT2D eigenvalue weighted by Crippen LogP contribution is 2.36. The van der Waals surface area contributed by atoms with Gasteiger partial charge in [0.05, 0.1) is 28.9 Å². The lowest BCUT2D eigenvalue weighted by Crippen LogP contribution is -2.45. The van der Waals surface area contributed by atoms with Crippen LogP contribution >= 0.6 is 0 Å². The highest BCUT2D eigenvalue weighted by atomic mass is 16.3. The summed E-state index contributed by atoms with van der Waals surface area (Å²) >= 11 is 0. The Morgan fingerprint density at radius 1 is 1.04 bits per heavy atom. The second-order valence-electron chi connectivity index (χ2n) is 12.1. The quantitative estimate of drug-likeness (QED) is 0.220. The number of likely N-dealkylation sites (tertiary alicyclic amines) is 1. The van der Waals surface area contributed by atoms with Crippen molar-refractivity contribution in [3.8, 4) is 34.2 Å². The number of rotatable bonds is 7. The molecule has 2 aliphatic rings. The molecule has 8 rings (SSSR count). The molecule has 47 heavy (non-hydrogen) atoms. The summed E-state index contributed by atoms with van der Waals surface area (Å²) in [5.74, 6) is 0.518. The number of aromatic hydroxyl groups is 1. The van der Waals surface area contributed by atoms with Crippen LogP contribution in [0.2, 0.25) is 0 Å². The first kappa shape index (κ1) is 28.6. The van der Waals surface area contributed by atoms with Crippen molar-refractivity contribution in [2.45, 2.75) is 24.9 Å². The number of amides is 1. The summed E-state index contributed by atoms with van der Waals surface area (Å²) in [6.07, 6.45) is 5.67. The third-order valence-corrected chi connectivity index (χ3v) is 9.06. The number of phenolic OH excluding ortho intramolecular Hbond substituents is 1. The van der Waals surface area contributed by atoms with E-state index in [9.17, 15) is 14.7 Å². The fourth-order valence-corrected chi connectivity index (χ4v) is 6.57. The minimum atomic E-state index is -0.312. The average molecular weight is 626 g/mol. The molecule has 6 aromatic rings. The van der Waals surface area contributed by atoms with E-state index in [1.807, 2.05) is 57.9 Å². The van der Waals surface area contributed by atoms with Gasteiger partial charge in [-0.1, -0.05) is 6.07 Å². The zero-order valence-corrected chi connectivity index (χ0v) is 25.5. The third-order valence-electron chi connectivity index (χ3n) is 9.06. The topological polar surface area (TPSA) is 157 Å². The maximum Gasteiger partial charge on any atom is 0.251 e. The monoisotopic (exact) mass is 625 g/mol. The number of hydrogen-bond acceptors (Lipinski definition) is 9. The number of pyridine rings is 2. The molecule has 1 amide bonds. The number of benzene rings is 2. The van der Waals surface area contributed by atoms with Gasteiger partial charge in [0.25, 0.3) is 5.91 Å². The highest BCUT2D eigenvalue weighted by Gasteiger charge is 2.28. The van der Waals surface area contributed by atoms with E-state index in [0.29, 0.717) is 46.3 Å². The first-order chi connectivity index (χ1) is 22.9. The van der Waals surface area contributed by atoms with Crippen molar-refractivity contribution in [3.05, 3.63) is 101 Å². The normalized spacial score (nSPS) is 16.2. The van der Waals surface area contributed by atoms with Crippen LogP contribution in [-0.2, 0) is 6.42 Å². The highest BCUT2D eigenvalue weighted by molar-refractivity contribution is 5.96. The lowest BCUT2D eigenvalue weighted by atomic mass is 10.1. The molecule has 5 heterocycles. The Labute approximate surface area is 269 Å². The molecule has 2 aromatic carbocycles. The molecule has 1 aliphatic carbocycles. The van der Waals surface area contributed by atoms with Crippen molar-refractivity contribution in [2.75, 3.05) is 25.9 Å². The van der Waals surface area contributed by atoms with E-state index in [1.54, 1.807) is 6.20 Å². The number of aldehydes is 1. The second-order valence-corrected chi connectivity index (χ2v) is 12.1. The van der Waals surface area contributed by atoms with Crippen LogP contribution in [0.5, 0.6) is 5.75 Å². The van der Waals surface area contributed by atoms with Crippen molar-refractivity contribution >= 4 is 29.2 Å². The first-order valence-electron chi connectivity index (χ1n) is 15.4. The molecule has 4 aromatic heterocycles. The van der Waals surface area contributed by atoms with E-state index >= 15 is 0 Å². The van der Waals surface area contributed by atoms with E-state index in [2.05, 4.69) is 28.3 Å². The number of anilines is 1. The molecule has 234 valence electrons. The summed E-state index contributed by atoms with van der Waals surface area (Å²) in [5.41, 5.74) is 13.3. The molecule has 12 heteroatoms. The van der Waals surface area contributed by atoms with Gasteiger partial charge < -0.3 is 21.1 Å². The van der Waals surface area contributed by atoms with E-state index in [4.69, 9.17) is 20.8 Å². The number of nitrogen functional groups attached to an aromatic ring is 1. The molecule has 0 bridgehead atoms. The van der Waals surface area contributed by atoms with Crippen LogP contribution in [0.4, 0.5) is 5.82 Å². The molecule has 1 saturated heterocycles. The Hall–Kier alpha value is -5.88. The van der Waals surface area contributed by atoms with Gasteiger partial charge in [-0.05, 0) is 91.7 Å². The van der Waals surface area contributed by atoms with Crippen LogP contribution < -0.4 is 11.1 Å². The van der Waals surface area contributed by atoms with Gasteiger partial charge in [-0.25, -0.2) is 15.0 Å². The lowest BCUT2D eigenvalue weighted by molar-refractivity contribution is 0.0936. The van der Waals surface area contributed by atoms with Crippen molar-refractivity contribution < 1.29 is 14.7 Å². The summed E-state index contributed by atoms with van der Waals surface area (Å²) in [4.78, 5) is 41.0. The van der Waals surface area contributed by atoms with Crippen molar-refractivity contribution in [1.29, 1.82) is 0 Å². The number of phenols is 1. The summed E-state index contributed by atoms with van der Waals surface area (Å²) in [6.45, 7) is 1.94. The number of imidazole rings is 1. The number of likely N-dealkylation sites (N-methyl/N-ethyl adjacent to an activating group) is 1. The molecule has 0 spiro atoms. The zero-order valence-electron chi connectivity index (χ0n) is 25.5. The zero-order chi connectivity index (χ0) is 32.2. The van der Waals surface area contributed by atoms with Crippen molar-refractivity contribution in [2.24, 2.45) is 0 Å². The van der Waals surface area contributed by atoms with Gasteiger partial charge in [0.2, 0.25) is 0 Å². The maximum atomic E-state index is 13.1. The first-order valence-corrected chi connectivity index (χ1v) is 15.4. The molecule has 1 atom stereocenters. The maximum absolute atomic E-state index is 13.1. The summed E-state index contributed by atoms with van der Waals surface area (Å²) in [5, 5.41) is 17.8. The SMILES string of the molecule is CN1CC(n2ccc(-c3ccc4nc(-c5cccnc5N)n(-c5ccc6c(c5)CC[C@@H]6NC(=O)c5ccc(O)c(C=O)c5)c4n3)n2)C1. The minimum Gasteiger partial charge on any atom is -0.507 e. The number of aryl methyl sites for hydroxylation is 1. The largest absolute Gasteiger partial charge is 0.507 e. The number of carbonyl (C=O) groups excluding carboxylic acids is 2. The van der Waals surface area contributed by atoms with E-state index in [-0.39, 0.29) is 23.3 Å². The Morgan fingerprint density at radius 2 is 1.91 bits per heavy atom. The Morgan fingerprint density at radius 3 is 2.72 bits per heavy atom. The fourth-order valence-electron chi connectivity index (χ4n) is 6.57. The standard InChI is InChI=1S/C35H31N9O3/c1-42-17-24(18-42)43-14-12-29(41-43)28-9-10-30-34(38-28)44(33(39-30)26-3-2-13-37-32(26)36)23-6-7-25-20(16-23)4-8-27(25)40-35(47)21-5-11-31(46)22(15-21)19-45/h2-3,5-7,9-16,19,24,27,46H,4,8,17-18H2,1H3,(H2,36,37)(H,40,47)/t27-/m0/s1. The Bertz CT molecular complexity index is 2200. The molecule has 1 fully saturated rings.